The summed E-state index contributed by atoms with van der Waals surface area (Å²) >= 11 is 0. The second-order valence-corrected chi connectivity index (χ2v) is 5.26. The topological polar surface area (TPSA) is 62.4 Å². The normalized spacial score (nSPS) is 23.2. The average Bonchev–Trinajstić information content (AvgIpc) is 2.76. The summed E-state index contributed by atoms with van der Waals surface area (Å²) in [5, 5.41) is 13.3. The average molecular weight is 253 g/mol. The fourth-order valence-electron chi connectivity index (χ4n) is 2.57. The third-order valence-corrected chi connectivity index (χ3v) is 3.50. The molecule has 1 N–H and O–H groups in total. The lowest BCUT2D eigenvalue weighted by Gasteiger charge is -2.31. The SMILES string of the molecule is CCN1CCCC(Cc2noc(CC(C)O)n2)C1. The van der Waals surface area contributed by atoms with Gasteiger partial charge in [0.1, 0.15) is 0 Å². The second-order valence-electron chi connectivity index (χ2n) is 5.26. The number of hydrogen-bond donors (Lipinski definition) is 1. The summed E-state index contributed by atoms with van der Waals surface area (Å²) in [6, 6.07) is 0. The van der Waals surface area contributed by atoms with Crippen molar-refractivity contribution in [1.29, 1.82) is 0 Å². The third kappa shape index (κ3) is 3.78. The van der Waals surface area contributed by atoms with E-state index in [-0.39, 0.29) is 0 Å². The van der Waals surface area contributed by atoms with Crippen LogP contribution >= 0.6 is 0 Å². The Labute approximate surface area is 108 Å². The van der Waals surface area contributed by atoms with Crippen LogP contribution in [0.4, 0.5) is 0 Å². The van der Waals surface area contributed by atoms with Gasteiger partial charge in [-0.05, 0) is 38.8 Å². The fourth-order valence-corrected chi connectivity index (χ4v) is 2.57. The molecule has 2 heterocycles. The maximum absolute atomic E-state index is 9.27. The van der Waals surface area contributed by atoms with Crippen LogP contribution in [0.3, 0.4) is 0 Å². The molecule has 0 aromatic carbocycles. The molecule has 1 fully saturated rings. The van der Waals surface area contributed by atoms with Crippen LogP contribution in [0.2, 0.25) is 0 Å². The van der Waals surface area contributed by atoms with Crippen molar-refractivity contribution in [1.82, 2.24) is 15.0 Å². The molecule has 102 valence electrons. The largest absolute Gasteiger partial charge is 0.393 e. The zero-order chi connectivity index (χ0) is 13.0. The molecule has 0 spiro atoms. The molecule has 2 atom stereocenters. The van der Waals surface area contributed by atoms with E-state index in [0.29, 0.717) is 18.2 Å². The van der Waals surface area contributed by atoms with E-state index in [0.717, 1.165) is 25.3 Å². The number of piperidine rings is 1. The first kappa shape index (κ1) is 13.5. The van der Waals surface area contributed by atoms with E-state index in [2.05, 4.69) is 22.0 Å². The molecule has 2 unspecified atom stereocenters. The lowest BCUT2D eigenvalue weighted by atomic mass is 9.94. The van der Waals surface area contributed by atoms with Gasteiger partial charge in [0.2, 0.25) is 5.89 Å². The van der Waals surface area contributed by atoms with Crippen molar-refractivity contribution in [2.24, 2.45) is 5.92 Å². The van der Waals surface area contributed by atoms with Crippen LogP contribution < -0.4 is 0 Å². The molecule has 2 rings (SSSR count). The molecule has 0 saturated carbocycles. The molecule has 5 nitrogen and oxygen atoms in total. The molecule has 0 radical (unpaired) electrons. The highest BCUT2D eigenvalue weighted by atomic mass is 16.5. The quantitative estimate of drug-likeness (QED) is 0.856. The predicted molar refractivity (Wildman–Crippen MR) is 68.2 cm³/mol. The molecule has 0 amide bonds. The van der Waals surface area contributed by atoms with Gasteiger partial charge in [-0.15, -0.1) is 0 Å². The van der Waals surface area contributed by atoms with E-state index < -0.39 is 6.10 Å². The van der Waals surface area contributed by atoms with Crippen LogP contribution in [0, 0.1) is 5.92 Å². The summed E-state index contributed by atoms with van der Waals surface area (Å²) < 4.78 is 5.14. The maximum Gasteiger partial charge on any atom is 0.229 e. The van der Waals surface area contributed by atoms with Crippen LogP contribution in [0.1, 0.15) is 38.4 Å². The van der Waals surface area contributed by atoms with Crippen molar-refractivity contribution in [2.45, 2.75) is 45.6 Å². The number of rotatable bonds is 5. The molecule has 0 bridgehead atoms. The summed E-state index contributed by atoms with van der Waals surface area (Å²) in [5.74, 6) is 1.97. The summed E-state index contributed by atoms with van der Waals surface area (Å²) in [7, 11) is 0. The number of hydrogen-bond acceptors (Lipinski definition) is 5. The Balaban J connectivity index is 1.86. The first-order chi connectivity index (χ1) is 8.67. The minimum Gasteiger partial charge on any atom is -0.393 e. The number of likely N-dealkylation sites (tertiary alicyclic amines) is 1. The third-order valence-electron chi connectivity index (χ3n) is 3.50. The molecular formula is C13H23N3O2. The number of nitrogens with zero attached hydrogens (tertiary/aromatic N) is 3. The van der Waals surface area contributed by atoms with Crippen molar-refractivity contribution in [3.8, 4) is 0 Å². The predicted octanol–water partition coefficient (Wildman–Crippen LogP) is 1.27. The van der Waals surface area contributed by atoms with E-state index in [1.54, 1.807) is 6.92 Å². The van der Waals surface area contributed by atoms with Crippen LogP contribution in [-0.4, -0.2) is 45.9 Å². The van der Waals surface area contributed by atoms with Crippen molar-refractivity contribution < 1.29 is 9.63 Å². The summed E-state index contributed by atoms with van der Waals surface area (Å²) in [6.07, 6.45) is 3.41. The Hall–Kier alpha value is -0.940. The van der Waals surface area contributed by atoms with Crippen LogP contribution in [0.25, 0.3) is 0 Å². The van der Waals surface area contributed by atoms with Gasteiger partial charge in [0.25, 0.3) is 0 Å². The molecule has 1 aromatic heterocycles. The zero-order valence-corrected chi connectivity index (χ0v) is 11.3. The Morgan fingerprint density at radius 3 is 3.11 bits per heavy atom. The van der Waals surface area contributed by atoms with Crippen molar-refractivity contribution in [2.75, 3.05) is 19.6 Å². The molecule has 5 heteroatoms. The Morgan fingerprint density at radius 2 is 2.39 bits per heavy atom. The Morgan fingerprint density at radius 1 is 1.56 bits per heavy atom. The van der Waals surface area contributed by atoms with Gasteiger partial charge in [-0.25, -0.2) is 0 Å². The van der Waals surface area contributed by atoms with Crippen LogP contribution in [-0.2, 0) is 12.8 Å². The van der Waals surface area contributed by atoms with Gasteiger partial charge in [0, 0.05) is 13.0 Å². The van der Waals surface area contributed by atoms with Gasteiger partial charge < -0.3 is 14.5 Å². The first-order valence-electron chi connectivity index (χ1n) is 6.89. The van der Waals surface area contributed by atoms with Crippen LogP contribution in [0.15, 0.2) is 4.52 Å². The summed E-state index contributed by atoms with van der Waals surface area (Å²) in [6.45, 7) is 7.40. The monoisotopic (exact) mass is 253 g/mol. The highest BCUT2D eigenvalue weighted by molar-refractivity contribution is 4.91. The molecule has 18 heavy (non-hydrogen) atoms. The first-order valence-corrected chi connectivity index (χ1v) is 6.89. The smallest absolute Gasteiger partial charge is 0.229 e. The number of aliphatic hydroxyl groups is 1. The van der Waals surface area contributed by atoms with Crippen molar-refractivity contribution >= 4 is 0 Å². The van der Waals surface area contributed by atoms with Gasteiger partial charge in [0.05, 0.1) is 12.5 Å². The molecular weight excluding hydrogens is 230 g/mol. The van der Waals surface area contributed by atoms with Crippen molar-refractivity contribution in [3.63, 3.8) is 0 Å². The molecule has 1 aliphatic heterocycles. The maximum atomic E-state index is 9.27. The second kappa shape index (κ2) is 6.29. The zero-order valence-electron chi connectivity index (χ0n) is 11.3. The minimum atomic E-state index is -0.427. The van der Waals surface area contributed by atoms with Gasteiger partial charge in [0.15, 0.2) is 5.82 Å². The number of aromatic nitrogens is 2. The van der Waals surface area contributed by atoms with Gasteiger partial charge in [-0.2, -0.15) is 4.98 Å². The van der Waals surface area contributed by atoms with Gasteiger partial charge in [-0.3, -0.25) is 0 Å². The standard InChI is InChI=1S/C13H23N3O2/c1-3-16-6-4-5-11(9-16)8-12-14-13(18-15-12)7-10(2)17/h10-11,17H,3-9H2,1-2H3. The number of aliphatic hydroxyl groups excluding tert-OH is 1. The molecule has 0 aliphatic carbocycles. The highest BCUT2D eigenvalue weighted by Crippen LogP contribution is 2.19. The highest BCUT2D eigenvalue weighted by Gasteiger charge is 2.21. The van der Waals surface area contributed by atoms with Gasteiger partial charge in [-0.1, -0.05) is 12.1 Å². The fraction of sp³-hybridized carbons (Fsp3) is 0.846. The lowest BCUT2D eigenvalue weighted by Crippen LogP contribution is -2.36. The van der Waals surface area contributed by atoms with Gasteiger partial charge >= 0.3 is 0 Å². The van der Waals surface area contributed by atoms with E-state index in [9.17, 15) is 5.11 Å². The minimum absolute atomic E-state index is 0.427. The van der Waals surface area contributed by atoms with E-state index >= 15 is 0 Å². The van der Waals surface area contributed by atoms with Crippen LogP contribution in [0.5, 0.6) is 0 Å². The lowest BCUT2D eigenvalue weighted by molar-refractivity contribution is 0.179. The molecule has 1 saturated heterocycles. The van der Waals surface area contributed by atoms with E-state index in [1.807, 2.05) is 0 Å². The van der Waals surface area contributed by atoms with Crippen molar-refractivity contribution in [3.05, 3.63) is 11.7 Å². The Kier molecular flexibility index (Phi) is 4.72. The summed E-state index contributed by atoms with van der Waals surface area (Å²) in [4.78, 5) is 6.82. The van der Waals surface area contributed by atoms with E-state index in [1.165, 1.54) is 19.4 Å². The molecule has 1 aliphatic rings. The van der Waals surface area contributed by atoms with E-state index in [4.69, 9.17) is 4.52 Å². The molecule has 1 aromatic rings. The summed E-state index contributed by atoms with van der Waals surface area (Å²) in [5.41, 5.74) is 0. The Bertz CT molecular complexity index is 365.